The summed E-state index contributed by atoms with van der Waals surface area (Å²) in [5.41, 5.74) is 3.91. The quantitative estimate of drug-likeness (QED) is 0.302. The number of ether oxygens (including phenoxy) is 2. The molecule has 0 aliphatic heterocycles. The molecule has 0 bridgehead atoms. The number of aromatic nitrogens is 7. The van der Waals surface area contributed by atoms with Gasteiger partial charge in [0.2, 0.25) is 5.88 Å². The first kappa shape index (κ1) is 24.9. The van der Waals surface area contributed by atoms with Crippen LogP contribution in [0.5, 0.6) is 5.88 Å². The van der Waals surface area contributed by atoms with Crippen molar-refractivity contribution in [3.8, 4) is 17.3 Å². The van der Waals surface area contributed by atoms with Gasteiger partial charge in [-0.15, -0.1) is 5.10 Å². The van der Waals surface area contributed by atoms with E-state index < -0.39 is 10.0 Å². The van der Waals surface area contributed by atoms with Gasteiger partial charge in [-0.1, -0.05) is 12.7 Å². The van der Waals surface area contributed by atoms with Crippen molar-refractivity contribution in [3.63, 3.8) is 0 Å². The standard InChI is InChI=1S/C22H24BrN7O4S/c1-6-14-12-29(3)27-17(14)7-8-34-13(2)16-10-24-19(33-4)9-15(16)22-25-11-18-20(26-22)21(23)28-30(18)35(5,31)32/h6,9-13H,1,7-8H2,2-5H3/t13-/m1/s1. The summed E-state index contributed by atoms with van der Waals surface area (Å²) in [4.78, 5) is 13.3. The number of rotatable bonds is 9. The highest BCUT2D eigenvalue weighted by Gasteiger charge is 2.21. The third-order valence-electron chi connectivity index (χ3n) is 5.33. The monoisotopic (exact) mass is 561 g/mol. The molecule has 0 aromatic carbocycles. The van der Waals surface area contributed by atoms with Gasteiger partial charge in [0.1, 0.15) is 11.0 Å². The van der Waals surface area contributed by atoms with Crippen LogP contribution < -0.4 is 4.74 Å². The highest BCUT2D eigenvalue weighted by molar-refractivity contribution is 9.10. The molecule has 184 valence electrons. The molecule has 0 saturated heterocycles. The predicted octanol–water partition coefficient (Wildman–Crippen LogP) is 3.16. The minimum atomic E-state index is -3.62. The summed E-state index contributed by atoms with van der Waals surface area (Å²) in [5.74, 6) is 0.741. The van der Waals surface area contributed by atoms with Gasteiger partial charge in [-0.3, -0.25) is 4.68 Å². The molecule has 4 aromatic heterocycles. The fraction of sp³-hybridized carbons (Fsp3) is 0.318. The van der Waals surface area contributed by atoms with Crippen LogP contribution in [-0.2, 0) is 28.2 Å². The molecule has 4 heterocycles. The SMILES string of the molecule is C=Cc1cn(C)nc1CCO[C@H](C)c1cnc(OC)cc1-c1ncc2c(n1)c(Br)nn2S(C)(=O)=O. The van der Waals surface area contributed by atoms with Crippen molar-refractivity contribution >= 4 is 43.1 Å². The van der Waals surface area contributed by atoms with Crippen molar-refractivity contribution in [1.29, 1.82) is 0 Å². The molecular formula is C22H24BrN7O4S. The second-order valence-electron chi connectivity index (χ2n) is 7.81. The average Bonchev–Trinajstić information content (AvgIpc) is 3.37. The average molecular weight is 562 g/mol. The van der Waals surface area contributed by atoms with E-state index in [0.717, 1.165) is 27.2 Å². The summed E-state index contributed by atoms with van der Waals surface area (Å²) in [6.45, 7) is 6.17. The Hall–Kier alpha value is -3.16. The maximum Gasteiger partial charge on any atom is 0.251 e. The van der Waals surface area contributed by atoms with Gasteiger partial charge in [0.15, 0.2) is 10.4 Å². The molecule has 4 aromatic rings. The van der Waals surface area contributed by atoms with Crippen LogP contribution in [0.2, 0.25) is 0 Å². The smallest absolute Gasteiger partial charge is 0.251 e. The van der Waals surface area contributed by atoms with Crippen LogP contribution in [0.1, 0.15) is 29.8 Å². The third-order valence-corrected chi connectivity index (χ3v) is 6.77. The molecule has 0 aliphatic carbocycles. The van der Waals surface area contributed by atoms with E-state index >= 15 is 0 Å². The lowest BCUT2D eigenvalue weighted by atomic mass is 10.0. The van der Waals surface area contributed by atoms with E-state index in [1.165, 1.54) is 13.3 Å². The van der Waals surface area contributed by atoms with Gasteiger partial charge in [-0.05, 0) is 22.9 Å². The molecule has 0 amide bonds. The molecule has 0 saturated carbocycles. The summed E-state index contributed by atoms with van der Waals surface area (Å²) in [6.07, 6.45) is 8.11. The Morgan fingerprint density at radius 1 is 1.26 bits per heavy atom. The lowest BCUT2D eigenvalue weighted by molar-refractivity contribution is 0.0677. The van der Waals surface area contributed by atoms with Crippen LogP contribution in [0.25, 0.3) is 28.5 Å². The first-order valence-corrected chi connectivity index (χ1v) is 13.2. The topological polar surface area (TPSA) is 127 Å². The Morgan fingerprint density at radius 2 is 2.03 bits per heavy atom. The third kappa shape index (κ3) is 5.11. The summed E-state index contributed by atoms with van der Waals surface area (Å²) in [7, 11) is -0.237. The first-order valence-electron chi connectivity index (χ1n) is 10.5. The molecule has 0 aliphatic rings. The van der Waals surface area contributed by atoms with Crippen LogP contribution in [0.3, 0.4) is 0 Å². The van der Waals surface area contributed by atoms with E-state index in [-0.39, 0.29) is 11.6 Å². The lowest BCUT2D eigenvalue weighted by Gasteiger charge is -2.17. The second kappa shape index (κ2) is 9.84. The molecule has 0 spiro atoms. The summed E-state index contributed by atoms with van der Waals surface area (Å²) in [6, 6.07) is 1.72. The van der Waals surface area contributed by atoms with Crippen molar-refractivity contribution < 1.29 is 17.9 Å². The minimum absolute atomic E-state index is 0.267. The maximum absolute atomic E-state index is 12.1. The summed E-state index contributed by atoms with van der Waals surface area (Å²) < 4.78 is 38.5. The van der Waals surface area contributed by atoms with Gasteiger partial charge in [0.05, 0.1) is 38.0 Å². The molecule has 11 nitrogen and oxygen atoms in total. The Balaban J connectivity index is 1.66. The van der Waals surface area contributed by atoms with Crippen LogP contribution in [0, 0.1) is 0 Å². The van der Waals surface area contributed by atoms with Crippen LogP contribution >= 0.6 is 15.9 Å². The number of fused-ring (bicyclic) bond motifs is 1. The van der Waals surface area contributed by atoms with Gasteiger partial charge in [-0.2, -0.15) is 9.19 Å². The first-order chi connectivity index (χ1) is 16.6. The van der Waals surface area contributed by atoms with Crippen molar-refractivity contribution in [2.45, 2.75) is 19.4 Å². The number of methoxy groups -OCH3 is 1. The Bertz CT molecular complexity index is 1510. The highest BCUT2D eigenvalue weighted by atomic mass is 79.9. The molecule has 0 radical (unpaired) electrons. The Morgan fingerprint density at radius 3 is 2.71 bits per heavy atom. The van der Waals surface area contributed by atoms with Crippen LogP contribution in [-0.4, -0.2) is 62.3 Å². The largest absolute Gasteiger partial charge is 0.481 e. The molecule has 1 atom stereocenters. The predicted molar refractivity (Wildman–Crippen MR) is 134 cm³/mol. The Kier molecular flexibility index (Phi) is 7.01. The number of pyridine rings is 1. The van der Waals surface area contributed by atoms with Crippen molar-refractivity contribution in [2.24, 2.45) is 7.05 Å². The molecular weight excluding hydrogens is 538 g/mol. The zero-order valence-corrected chi connectivity index (χ0v) is 22.0. The molecule has 0 unspecified atom stereocenters. The molecule has 0 fully saturated rings. The van der Waals surface area contributed by atoms with Gasteiger partial charge in [0.25, 0.3) is 10.0 Å². The van der Waals surface area contributed by atoms with E-state index in [9.17, 15) is 8.42 Å². The van der Waals surface area contributed by atoms with Crippen LogP contribution in [0.4, 0.5) is 0 Å². The molecule has 0 N–H and O–H groups in total. The van der Waals surface area contributed by atoms with Gasteiger partial charge >= 0.3 is 0 Å². The number of hydrogen-bond donors (Lipinski definition) is 0. The maximum atomic E-state index is 12.1. The van der Waals surface area contributed by atoms with Crippen molar-refractivity contribution in [3.05, 3.63) is 52.7 Å². The second-order valence-corrected chi connectivity index (χ2v) is 10.4. The molecule has 13 heteroatoms. The fourth-order valence-corrected chi connectivity index (χ4v) is 4.92. The fourth-order valence-electron chi connectivity index (χ4n) is 3.65. The van der Waals surface area contributed by atoms with E-state index in [0.29, 0.717) is 40.4 Å². The lowest BCUT2D eigenvalue weighted by Crippen LogP contribution is -2.11. The van der Waals surface area contributed by atoms with Gasteiger partial charge in [0, 0.05) is 48.6 Å². The minimum Gasteiger partial charge on any atom is -0.481 e. The van der Waals surface area contributed by atoms with Crippen LogP contribution in [0.15, 0.2) is 35.8 Å². The number of aryl methyl sites for hydroxylation is 1. The Labute approximate surface area is 211 Å². The number of nitrogens with zero attached hydrogens (tertiary/aromatic N) is 7. The van der Waals surface area contributed by atoms with E-state index in [1.54, 1.807) is 23.0 Å². The molecule has 35 heavy (non-hydrogen) atoms. The van der Waals surface area contributed by atoms with Gasteiger partial charge in [-0.25, -0.2) is 23.4 Å². The normalized spacial score (nSPS) is 12.7. The number of hydrogen-bond acceptors (Lipinski definition) is 9. The van der Waals surface area contributed by atoms with E-state index in [4.69, 9.17) is 9.47 Å². The van der Waals surface area contributed by atoms with Crippen molar-refractivity contribution in [2.75, 3.05) is 20.0 Å². The van der Waals surface area contributed by atoms with Gasteiger partial charge < -0.3 is 9.47 Å². The zero-order valence-electron chi connectivity index (χ0n) is 19.6. The van der Waals surface area contributed by atoms with Crippen molar-refractivity contribution in [1.82, 2.24) is 33.9 Å². The summed E-state index contributed by atoms with van der Waals surface area (Å²) in [5, 5.41) is 8.50. The van der Waals surface area contributed by atoms with E-state index in [2.05, 4.69) is 47.7 Å². The zero-order chi connectivity index (χ0) is 25.3. The molecule has 4 rings (SSSR count). The number of halogens is 1. The highest BCUT2D eigenvalue weighted by Crippen LogP contribution is 2.32. The van der Waals surface area contributed by atoms with E-state index in [1.807, 2.05) is 20.2 Å². The summed E-state index contributed by atoms with van der Waals surface area (Å²) >= 11 is 3.30.